The molecule has 3 N–H and O–H groups in total. The summed E-state index contributed by atoms with van der Waals surface area (Å²) in [5.41, 5.74) is 0. The zero-order valence-corrected chi connectivity index (χ0v) is 11.0. The Hall–Kier alpha value is -1.47. The van der Waals surface area contributed by atoms with Crippen LogP contribution in [0, 0.1) is 0 Å². The number of aliphatic hydroxyl groups is 1. The van der Waals surface area contributed by atoms with Crippen molar-refractivity contribution in [2.75, 3.05) is 0 Å². The first-order valence-corrected chi connectivity index (χ1v) is 5.96. The van der Waals surface area contributed by atoms with Crippen molar-refractivity contribution >= 4 is 17.7 Å². The van der Waals surface area contributed by atoms with Crippen LogP contribution in [0.15, 0.2) is 0 Å². The van der Waals surface area contributed by atoms with Crippen molar-refractivity contribution in [3.05, 3.63) is 0 Å². The lowest BCUT2D eigenvalue weighted by molar-refractivity contribution is -0.160. The Balaban J connectivity index is 0.00000324. The molecule has 1 saturated heterocycles. The zero-order chi connectivity index (χ0) is 13.7. The van der Waals surface area contributed by atoms with Gasteiger partial charge in [0.2, 0.25) is 0 Å². The molecule has 0 bridgehead atoms. The average Bonchev–Trinajstić information content (AvgIpc) is 2.23. The predicted octanol–water partition coefficient (Wildman–Crippen LogP) is -0.471. The maximum atomic E-state index is 11.8. The van der Waals surface area contributed by atoms with Crippen LogP contribution in [0.3, 0.4) is 0 Å². The molecule has 0 radical (unpaired) electrons. The van der Waals surface area contributed by atoms with Gasteiger partial charge in [-0.05, 0) is 13.3 Å². The third-order valence-corrected chi connectivity index (χ3v) is 2.66. The summed E-state index contributed by atoms with van der Waals surface area (Å²) in [5, 5.41) is 9.57. The fraction of sp³-hybridized carbons (Fsp3) is 0.750. The molecule has 0 aromatic rings. The van der Waals surface area contributed by atoms with Crippen LogP contribution in [-0.2, 0) is 23.9 Å². The molecular formula is C12H20O7. The van der Waals surface area contributed by atoms with Crippen LogP contribution < -0.4 is 0 Å². The number of esters is 2. The van der Waals surface area contributed by atoms with E-state index >= 15 is 0 Å². The standard InChI is InChI=1S/C12H18O6.H2O/c1-7-5-11(18-8(2)13)10(15)6-9(14)3-4-12(16)17-7;/h7,9,11,14H,3-6H2,1-2H3;1H2/t7-,9+,11-;/m1./s1. The Kier molecular flexibility index (Phi) is 7.25. The number of carbonyl (C=O) groups excluding carboxylic acids is 3. The number of ketones is 1. The van der Waals surface area contributed by atoms with E-state index in [4.69, 9.17) is 9.47 Å². The van der Waals surface area contributed by atoms with Gasteiger partial charge < -0.3 is 20.1 Å². The van der Waals surface area contributed by atoms with Crippen LogP contribution in [0.1, 0.15) is 39.5 Å². The minimum atomic E-state index is -0.960. The molecule has 1 aliphatic rings. The highest BCUT2D eigenvalue weighted by molar-refractivity contribution is 5.85. The first-order chi connectivity index (χ1) is 8.38. The lowest BCUT2D eigenvalue weighted by Crippen LogP contribution is -2.35. The van der Waals surface area contributed by atoms with Crippen molar-refractivity contribution in [2.45, 2.75) is 57.8 Å². The molecule has 1 rings (SSSR count). The summed E-state index contributed by atoms with van der Waals surface area (Å²) in [6, 6.07) is 0. The van der Waals surface area contributed by atoms with Crippen molar-refractivity contribution in [2.24, 2.45) is 0 Å². The van der Waals surface area contributed by atoms with Crippen molar-refractivity contribution in [3.63, 3.8) is 0 Å². The number of cyclic esters (lactones) is 1. The normalized spacial score (nSPS) is 28.9. The summed E-state index contributed by atoms with van der Waals surface area (Å²) in [7, 11) is 0. The number of Topliss-reactive ketones (excluding diaryl/α,β-unsaturated/α-hetero) is 1. The minimum absolute atomic E-state index is 0. The fourth-order valence-electron chi connectivity index (χ4n) is 1.83. The van der Waals surface area contributed by atoms with Crippen LogP contribution >= 0.6 is 0 Å². The monoisotopic (exact) mass is 276 g/mol. The smallest absolute Gasteiger partial charge is 0.306 e. The number of ether oxygens (including phenoxy) is 2. The van der Waals surface area contributed by atoms with Gasteiger partial charge in [-0.15, -0.1) is 0 Å². The first-order valence-electron chi connectivity index (χ1n) is 5.96. The molecule has 1 aliphatic heterocycles. The molecule has 7 heteroatoms. The number of carbonyl (C=O) groups is 3. The van der Waals surface area contributed by atoms with E-state index in [1.807, 2.05) is 0 Å². The van der Waals surface area contributed by atoms with E-state index in [2.05, 4.69) is 0 Å². The highest BCUT2D eigenvalue weighted by atomic mass is 16.6. The van der Waals surface area contributed by atoms with Gasteiger partial charge in [0.1, 0.15) is 6.10 Å². The third-order valence-electron chi connectivity index (χ3n) is 2.66. The summed E-state index contributed by atoms with van der Waals surface area (Å²) >= 11 is 0. The zero-order valence-electron chi connectivity index (χ0n) is 11.0. The summed E-state index contributed by atoms with van der Waals surface area (Å²) in [5.74, 6) is -1.33. The topological polar surface area (TPSA) is 121 Å². The van der Waals surface area contributed by atoms with Gasteiger partial charge in [0, 0.05) is 26.2 Å². The number of rotatable bonds is 1. The van der Waals surface area contributed by atoms with Crippen molar-refractivity contribution < 1.29 is 34.4 Å². The molecule has 1 heterocycles. The molecule has 3 atom stereocenters. The fourth-order valence-corrected chi connectivity index (χ4v) is 1.83. The molecule has 110 valence electrons. The highest BCUT2D eigenvalue weighted by Gasteiger charge is 2.29. The second kappa shape index (κ2) is 7.85. The Morgan fingerprint density at radius 3 is 2.63 bits per heavy atom. The molecule has 0 amide bonds. The molecular weight excluding hydrogens is 256 g/mol. The summed E-state index contributed by atoms with van der Waals surface area (Å²) in [6.45, 7) is 2.85. The number of hydrogen-bond donors (Lipinski definition) is 1. The van der Waals surface area contributed by atoms with Crippen LogP contribution in [0.2, 0.25) is 0 Å². The second-order valence-corrected chi connectivity index (χ2v) is 4.50. The van der Waals surface area contributed by atoms with Gasteiger partial charge in [-0.25, -0.2) is 0 Å². The maximum Gasteiger partial charge on any atom is 0.306 e. The second-order valence-electron chi connectivity index (χ2n) is 4.50. The summed E-state index contributed by atoms with van der Waals surface area (Å²) in [4.78, 5) is 34.1. The SMILES string of the molecule is CC(=O)O[C@@H]1C[C@@H](C)OC(=O)CC[C@H](O)CC1=O.O. The van der Waals surface area contributed by atoms with Crippen LogP contribution in [0.25, 0.3) is 0 Å². The van der Waals surface area contributed by atoms with E-state index in [9.17, 15) is 19.5 Å². The summed E-state index contributed by atoms with van der Waals surface area (Å²) < 4.78 is 9.94. The van der Waals surface area contributed by atoms with Crippen LogP contribution in [0.4, 0.5) is 0 Å². The number of hydrogen-bond acceptors (Lipinski definition) is 6. The Bertz CT molecular complexity index is 339. The van der Waals surface area contributed by atoms with Gasteiger partial charge in [-0.3, -0.25) is 14.4 Å². The van der Waals surface area contributed by atoms with Crippen LogP contribution in [0.5, 0.6) is 0 Å². The largest absolute Gasteiger partial charge is 0.462 e. The summed E-state index contributed by atoms with van der Waals surface area (Å²) in [6.07, 6.45) is -2.11. The molecule has 0 spiro atoms. The highest BCUT2D eigenvalue weighted by Crippen LogP contribution is 2.16. The van der Waals surface area contributed by atoms with Gasteiger partial charge in [-0.2, -0.15) is 0 Å². The van der Waals surface area contributed by atoms with Crippen molar-refractivity contribution in [3.8, 4) is 0 Å². The molecule has 0 unspecified atom stereocenters. The van der Waals surface area contributed by atoms with Gasteiger partial charge in [0.15, 0.2) is 11.9 Å². The van der Waals surface area contributed by atoms with E-state index < -0.39 is 30.3 Å². The quantitative estimate of drug-likeness (QED) is 0.646. The Labute approximate surface area is 111 Å². The van der Waals surface area contributed by atoms with Gasteiger partial charge in [0.25, 0.3) is 0 Å². The van der Waals surface area contributed by atoms with Gasteiger partial charge >= 0.3 is 11.9 Å². The van der Waals surface area contributed by atoms with Crippen molar-refractivity contribution in [1.82, 2.24) is 0 Å². The van der Waals surface area contributed by atoms with Gasteiger partial charge in [-0.1, -0.05) is 0 Å². The third kappa shape index (κ3) is 6.30. The molecule has 19 heavy (non-hydrogen) atoms. The first kappa shape index (κ1) is 17.5. The molecule has 0 aromatic heterocycles. The van der Waals surface area contributed by atoms with E-state index in [1.165, 1.54) is 6.92 Å². The molecule has 0 aromatic carbocycles. The molecule has 0 aliphatic carbocycles. The predicted molar refractivity (Wildman–Crippen MR) is 64.2 cm³/mol. The molecule has 1 fully saturated rings. The Morgan fingerprint density at radius 2 is 2.05 bits per heavy atom. The van der Waals surface area contributed by atoms with E-state index in [-0.39, 0.29) is 36.9 Å². The number of aliphatic hydroxyl groups excluding tert-OH is 1. The molecule has 7 nitrogen and oxygen atoms in total. The van der Waals surface area contributed by atoms with E-state index in [0.29, 0.717) is 0 Å². The minimum Gasteiger partial charge on any atom is -0.462 e. The lowest BCUT2D eigenvalue weighted by Gasteiger charge is -2.23. The van der Waals surface area contributed by atoms with Crippen LogP contribution in [-0.4, -0.2) is 46.6 Å². The van der Waals surface area contributed by atoms with E-state index in [0.717, 1.165) is 0 Å². The van der Waals surface area contributed by atoms with Crippen molar-refractivity contribution in [1.29, 1.82) is 0 Å². The maximum absolute atomic E-state index is 11.8. The Morgan fingerprint density at radius 1 is 1.42 bits per heavy atom. The average molecular weight is 276 g/mol. The lowest BCUT2D eigenvalue weighted by atomic mass is 10.00. The van der Waals surface area contributed by atoms with Gasteiger partial charge in [0.05, 0.1) is 6.10 Å². The van der Waals surface area contributed by atoms with E-state index in [1.54, 1.807) is 6.92 Å². The molecule has 0 saturated carbocycles.